The largest absolute Gasteiger partial charge is 0.411 e. The fraction of sp³-hybridized carbons (Fsp3) is 0.350. The van der Waals surface area contributed by atoms with E-state index < -0.39 is 12.8 Å². The van der Waals surface area contributed by atoms with E-state index in [2.05, 4.69) is 10.1 Å². The Hall–Kier alpha value is -2.38. The van der Waals surface area contributed by atoms with E-state index in [-0.39, 0.29) is 25.1 Å². The van der Waals surface area contributed by atoms with Gasteiger partial charge in [-0.25, -0.2) is 0 Å². The first-order valence-electron chi connectivity index (χ1n) is 8.68. The predicted molar refractivity (Wildman–Crippen MR) is 95.1 cm³/mol. The van der Waals surface area contributed by atoms with E-state index in [1.807, 2.05) is 12.1 Å². The molecule has 0 fully saturated rings. The normalized spacial score (nSPS) is 16.2. The molecule has 7 heteroatoms. The maximum atomic E-state index is 12.4. The number of hydrogen-bond acceptors (Lipinski definition) is 3. The molecule has 1 atom stereocenters. The number of nitrogens with two attached hydrogens (primary N) is 1. The van der Waals surface area contributed by atoms with E-state index >= 15 is 0 Å². The summed E-state index contributed by atoms with van der Waals surface area (Å²) in [6.07, 6.45) is -2.73. The lowest BCUT2D eigenvalue weighted by molar-refractivity contribution is -0.176. The highest BCUT2D eigenvalue weighted by Gasteiger charge is 2.27. The van der Waals surface area contributed by atoms with Gasteiger partial charge in [0.15, 0.2) is 0 Å². The number of nitrogens with one attached hydrogen (secondary N) is 1. The summed E-state index contributed by atoms with van der Waals surface area (Å²) in [5.74, 6) is -0.197. The van der Waals surface area contributed by atoms with Gasteiger partial charge in [-0.3, -0.25) is 4.79 Å². The smallest absolute Gasteiger partial charge is 0.367 e. The summed E-state index contributed by atoms with van der Waals surface area (Å²) in [5, 5.41) is 2.83. The molecule has 0 radical (unpaired) electrons. The van der Waals surface area contributed by atoms with Gasteiger partial charge in [-0.2, -0.15) is 13.2 Å². The van der Waals surface area contributed by atoms with Gasteiger partial charge in [-0.15, -0.1) is 0 Å². The topological polar surface area (TPSA) is 64.4 Å². The number of carbonyl (C=O) groups is 1. The van der Waals surface area contributed by atoms with E-state index in [0.29, 0.717) is 11.1 Å². The molecule has 3 rings (SSSR count). The van der Waals surface area contributed by atoms with Gasteiger partial charge in [0.05, 0.1) is 6.61 Å². The zero-order valence-electron chi connectivity index (χ0n) is 14.7. The molecule has 2 aromatic carbocycles. The Morgan fingerprint density at radius 3 is 2.63 bits per heavy atom. The van der Waals surface area contributed by atoms with Gasteiger partial charge in [-0.05, 0) is 47.2 Å². The van der Waals surface area contributed by atoms with Gasteiger partial charge in [-0.1, -0.05) is 30.3 Å². The number of ether oxygens (including phenoxy) is 1. The second kappa shape index (κ2) is 8.10. The fourth-order valence-corrected chi connectivity index (χ4v) is 3.19. The molecule has 0 heterocycles. The number of fused-ring (bicyclic) bond motifs is 1. The predicted octanol–water partition coefficient (Wildman–Crippen LogP) is 3.12. The number of benzene rings is 2. The van der Waals surface area contributed by atoms with E-state index in [9.17, 15) is 18.0 Å². The Morgan fingerprint density at radius 1 is 1.11 bits per heavy atom. The quantitative estimate of drug-likeness (QED) is 0.812. The molecule has 0 aromatic heterocycles. The molecule has 27 heavy (non-hydrogen) atoms. The third-order valence-corrected chi connectivity index (χ3v) is 4.41. The molecule has 144 valence electrons. The van der Waals surface area contributed by atoms with Crippen molar-refractivity contribution in [3.05, 3.63) is 70.3 Å². The van der Waals surface area contributed by atoms with E-state index in [4.69, 9.17) is 5.73 Å². The summed E-state index contributed by atoms with van der Waals surface area (Å²) < 4.78 is 41.1. The lowest BCUT2D eigenvalue weighted by atomic mass is 10.1. The van der Waals surface area contributed by atoms with Crippen LogP contribution in [0.5, 0.6) is 0 Å². The lowest BCUT2D eigenvalue weighted by Crippen LogP contribution is -2.23. The summed E-state index contributed by atoms with van der Waals surface area (Å²) in [6, 6.07) is 12.6. The molecule has 4 nitrogen and oxygen atoms in total. The van der Waals surface area contributed by atoms with Crippen molar-refractivity contribution in [3.8, 4) is 0 Å². The Bertz CT molecular complexity index is 821. The first kappa shape index (κ1) is 19.4. The number of amides is 1. The molecule has 0 aliphatic heterocycles. The van der Waals surface area contributed by atoms with Gasteiger partial charge >= 0.3 is 6.18 Å². The van der Waals surface area contributed by atoms with Crippen LogP contribution in [0.25, 0.3) is 0 Å². The van der Waals surface area contributed by atoms with Gasteiger partial charge < -0.3 is 15.8 Å². The van der Waals surface area contributed by atoms with Crippen LogP contribution < -0.4 is 11.1 Å². The van der Waals surface area contributed by atoms with Crippen molar-refractivity contribution < 1.29 is 22.7 Å². The Morgan fingerprint density at radius 2 is 1.85 bits per heavy atom. The average molecular weight is 378 g/mol. The Labute approximate surface area is 155 Å². The molecule has 0 saturated carbocycles. The number of halogens is 3. The number of rotatable bonds is 6. The molecule has 0 saturated heterocycles. The van der Waals surface area contributed by atoms with Crippen molar-refractivity contribution in [3.63, 3.8) is 0 Å². The maximum absolute atomic E-state index is 12.4. The molecule has 3 N–H and O–H groups in total. The molecule has 1 aliphatic rings. The van der Waals surface area contributed by atoms with Crippen molar-refractivity contribution in [1.82, 2.24) is 5.32 Å². The highest BCUT2D eigenvalue weighted by molar-refractivity contribution is 5.94. The van der Waals surface area contributed by atoms with Crippen LogP contribution in [-0.2, 0) is 30.7 Å². The van der Waals surface area contributed by atoms with Gasteiger partial charge in [0.1, 0.15) is 6.61 Å². The first-order valence-corrected chi connectivity index (χ1v) is 8.68. The number of hydrogen-bond donors (Lipinski definition) is 2. The molecule has 0 bridgehead atoms. The summed E-state index contributed by atoms with van der Waals surface area (Å²) in [5.41, 5.74) is 10.2. The van der Waals surface area contributed by atoms with Crippen LogP contribution >= 0.6 is 0 Å². The van der Waals surface area contributed by atoms with Crippen LogP contribution in [0, 0.1) is 0 Å². The second-order valence-corrected chi connectivity index (χ2v) is 6.76. The Kier molecular flexibility index (Phi) is 5.82. The van der Waals surface area contributed by atoms with Crippen LogP contribution in [0.2, 0.25) is 0 Å². The highest BCUT2D eigenvalue weighted by atomic mass is 19.4. The fourth-order valence-electron chi connectivity index (χ4n) is 3.19. The third-order valence-electron chi connectivity index (χ3n) is 4.41. The summed E-state index contributed by atoms with van der Waals surface area (Å²) in [7, 11) is 0. The van der Waals surface area contributed by atoms with Crippen molar-refractivity contribution in [2.24, 2.45) is 5.73 Å². The van der Waals surface area contributed by atoms with E-state index in [1.54, 1.807) is 30.3 Å². The molecule has 0 spiro atoms. The van der Waals surface area contributed by atoms with Crippen molar-refractivity contribution in [2.45, 2.75) is 38.2 Å². The third kappa shape index (κ3) is 5.55. The van der Waals surface area contributed by atoms with Crippen molar-refractivity contribution >= 4 is 5.91 Å². The summed E-state index contributed by atoms with van der Waals surface area (Å²) in [6.45, 7) is -1.13. The van der Waals surface area contributed by atoms with Crippen molar-refractivity contribution in [1.29, 1.82) is 0 Å². The van der Waals surface area contributed by atoms with Gasteiger partial charge in [0.25, 0.3) is 5.91 Å². The van der Waals surface area contributed by atoms with Crippen LogP contribution in [0.15, 0.2) is 42.5 Å². The molecular formula is C20H21F3N2O2. The zero-order chi connectivity index (χ0) is 19.4. The molecular weight excluding hydrogens is 357 g/mol. The minimum atomic E-state index is -4.34. The van der Waals surface area contributed by atoms with Gasteiger partial charge in [0, 0.05) is 18.2 Å². The minimum Gasteiger partial charge on any atom is -0.367 e. The first-order chi connectivity index (χ1) is 12.8. The van der Waals surface area contributed by atoms with Crippen LogP contribution in [0.1, 0.15) is 32.6 Å². The molecule has 2 aromatic rings. The van der Waals surface area contributed by atoms with Crippen LogP contribution in [-0.4, -0.2) is 24.7 Å². The van der Waals surface area contributed by atoms with Crippen LogP contribution in [0.3, 0.4) is 0 Å². The minimum absolute atomic E-state index is 0.112. The number of carbonyl (C=O) groups excluding carboxylic acids is 1. The van der Waals surface area contributed by atoms with Crippen LogP contribution in [0.4, 0.5) is 13.2 Å². The summed E-state index contributed by atoms with van der Waals surface area (Å²) >= 11 is 0. The number of alkyl halides is 3. The monoisotopic (exact) mass is 378 g/mol. The summed E-state index contributed by atoms with van der Waals surface area (Å²) in [4.78, 5) is 12.4. The molecule has 1 amide bonds. The van der Waals surface area contributed by atoms with E-state index in [0.717, 1.165) is 24.0 Å². The molecule has 1 aliphatic carbocycles. The molecule has 1 unspecified atom stereocenters. The maximum Gasteiger partial charge on any atom is 0.411 e. The van der Waals surface area contributed by atoms with E-state index in [1.165, 1.54) is 5.56 Å². The standard InChI is InChI=1S/C20H21F3N2O2/c21-20(22,23)12-27-11-14-3-1-2-13(6-14)10-25-19(26)16-5-4-15-8-18(24)9-17(15)7-16/h1-7,18H,8-12,24H2,(H,25,26). The highest BCUT2D eigenvalue weighted by Crippen LogP contribution is 2.22. The van der Waals surface area contributed by atoms with Gasteiger partial charge in [0.2, 0.25) is 0 Å². The second-order valence-electron chi connectivity index (χ2n) is 6.76. The zero-order valence-corrected chi connectivity index (χ0v) is 14.7. The van der Waals surface area contributed by atoms with Crippen molar-refractivity contribution in [2.75, 3.05) is 6.61 Å². The average Bonchev–Trinajstić information content (AvgIpc) is 2.98. The lowest BCUT2D eigenvalue weighted by Gasteiger charge is -2.10. The Balaban J connectivity index is 1.55. The SMILES string of the molecule is NC1Cc2ccc(C(=O)NCc3cccc(COCC(F)(F)F)c3)cc2C1.